The molecule has 0 bridgehead atoms. The van der Waals surface area contributed by atoms with E-state index in [1.165, 1.54) is 0 Å². The molecule has 1 aromatic heterocycles. The first kappa shape index (κ1) is 16.2. The number of anilines is 1. The first-order chi connectivity index (χ1) is 11.6. The predicted molar refractivity (Wildman–Crippen MR) is 93.2 cm³/mol. The molecule has 0 spiro atoms. The summed E-state index contributed by atoms with van der Waals surface area (Å²) in [5.74, 6) is 0.856. The molecule has 2 aromatic carbocycles. The Bertz CT molecular complexity index is 874. The molecule has 1 N–H and O–H groups in total. The molecule has 0 fully saturated rings. The number of halogens is 1. The van der Waals surface area contributed by atoms with Crippen LogP contribution in [0.4, 0.5) is 5.69 Å². The maximum Gasteiger partial charge on any atom is 0.260 e. The molecule has 122 valence electrons. The molecule has 0 aliphatic carbocycles. The van der Waals surface area contributed by atoms with Gasteiger partial charge in [-0.1, -0.05) is 54.9 Å². The minimum Gasteiger partial charge on any atom is -0.334 e. The lowest BCUT2D eigenvalue weighted by Crippen LogP contribution is -2.13. The molecule has 3 rings (SSSR count). The summed E-state index contributed by atoms with van der Waals surface area (Å²) < 4.78 is 5.33. The predicted octanol–water partition coefficient (Wildman–Crippen LogP) is 4.77. The van der Waals surface area contributed by atoms with E-state index in [2.05, 4.69) is 15.5 Å². The van der Waals surface area contributed by atoms with Gasteiger partial charge >= 0.3 is 0 Å². The van der Waals surface area contributed by atoms with E-state index < -0.39 is 0 Å². The molecule has 0 aliphatic rings. The number of amides is 1. The molecule has 6 heteroatoms. The van der Waals surface area contributed by atoms with Crippen molar-refractivity contribution in [2.45, 2.75) is 19.8 Å². The van der Waals surface area contributed by atoms with Crippen molar-refractivity contribution in [3.05, 3.63) is 64.9 Å². The van der Waals surface area contributed by atoms with Gasteiger partial charge in [0.25, 0.3) is 11.8 Å². The van der Waals surface area contributed by atoms with Crippen molar-refractivity contribution >= 4 is 23.2 Å². The molecule has 0 radical (unpaired) electrons. The summed E-state index contributed by atoms with van der Waals surface area (Å²) in [6, 6.07) is 14.2. The van der Waals surface area contributed by atoms with Crippen LogP contribution in [-0.2, 0) is 0 Å². The largest absolute Gasteiger partial charge is 0.334 e. The summed E-state index contributed by atoms with van der Waals surface area (Å²) in [6.07, 6.45) is 0. The average Bonchev–Trinajstić information content (AvgIpc) is 3.06. The second-order valence-electron chi connectivity index (χ2n) is 5.59. The van der Waals surface area contributed by atoms with E-state index in [-0.39, 0.29) is 11.8 Å². The SMILES string of the molecule is CC(C)c1noc(-c2ccccc2NC(=O)c2ccccc2Cl)n1. The Morgan fingerprint density at radius 2 is 1.83 bits per heavy atom. The summed E-state index contributed by atoms with van der Waals surface area (Å²) in [5, 5.41) is 7.21. The average molecular weight is 342 g/mol. The number of nitrogens with one attached hydrogen (secondary N) is 1. The number of carbonyl (C=O) groups excluding carboxylic acids is 1. The highest BCUT2D eigenvalue weighted by atomic mass is 35.5. The van der Waals surface area contributed by atoms with Crippen LogP contribution in [0, 0.1) is 0 Å². The van der Waals surface area contributed by atoms with Gasteiger partial charge in [-0.3, -0.25) is 4.79 Å². The Labute approximate surface area is 144 Å². The van der Waals surface area contributed by atoms with Crippen LogP contribution in [0.25, 0.3) is 11.5 Å². The maximum atomic E-state index is 12.5. The van der Waals surface area contributed by atoms with Gasteiger partial charge in [0.2, 0.25) is 0 Å². The molecular formula is C18H16ClN3O2. The highest BCUT2D eigenvalue weighted by Gasteiger charge is 2.17. The number of aromatic nitrogens is 2. The second-order valence-corrected chi connectivity index (χ2v) is 6.00. The molecule has 0 unspecified atom stereocenters. The lowest BCUT2D eigenvalue weighted by Gasteiger charge is -2.09. The van der Waals surface area contributed by atoms with Crippen molar-refractivity contribution in [1.29, 1.82) is 0 Å². The number of hydrogen-bond donors (Lipinski definition) is 1. The van der Waals surface area contributed by atoms with Gasteiger partial charge in [-0.05, 0) is 24.3 Å². The number of rotatable bonds is 4. The highest BCUT2D eigenvalue weighted by molar-refractivity contribution is 6.34. The van der Waals surface area contributed by atoms with Crippen molar-refractivity contribution in [3.8, 4) is 11.5 Å². The van der Waals surface area contributed by atoms with E-state index in [9.17, 15) is 4.79 Å². The van der Waals surface area contributed by atoms with Crippen molar-refractivity contribution in [2.24, 2.45) is 0 Å². The molecular weight excluding hydrogens is 326 g/mol. The summed E-state index contributed by atoms with van der Waals surface area (Å²) >= 11 is 6.08. The molecule has 1 heterocycles. The van der Waals surface area contributed by atoms with Crippen LogP contribution in [-0.4, -0.2) is 16.0 Å². The molecule has 0 saturated heterocycles. The second kappa shape index (κ2) is 6.84. The molecule has 5 nitrogen and oxygen atoms in total. The van der Waals surface area contributed by atoms with E-state index in [4.69, 9.17) is 16.1 Å². The summed E-state index contributed by atoms with van der Waals surface area (Å²) in [7, 11) is 0. The lowest BCUT2D eigenvalue weighted by molar-refractivity contribution is 0.102. The zero-order valence-corrected chi connectivity index (χ0v) is 14.0. The van der Waals surface area contributed by atoms with Crippen molar-refractivity contribution in [1.82, 2.24) is 10.1 Å². The van der Waals surface area contributed by atoms with Gasteiger partial charge in [-0.2, -0.15) is 4.98 Å². The van der Waals surface area contributed by atoms with Gasteiger partial charge in [0.1, 0.15) is 0 Å². The number of para-hydroxylation sites is 1. The smallest absolute Gasteiger partial charge is 0.260 e. The number of benzene rings is 2. The van der Waals surface area contributed by atoms with Crippen LogP contribution < -0.4 is 5.32 Å². The summed E-state index contributed by atoms with van der Waals surface area (Å²) in [6.45, 7) is 3.97. The van der Waals surface area contributed by atoms with E-state index in [0.29, 0.717) is 33.6 Å². The first-order valence-electron chi connectivity index (χ1n) is 7.55. The van der Waals surface area contributed by atoms with E-state index >= 15 is 0 Å². The van der Waals surface area contributed by atoms with Gasteiger partial charge in [0.15, 0.2) is 5.82 Å². The van der Waals surface area contributed by atoms with Gasteiger partial charge in [-0.25, -0.2) is 0 Å². The molecule has 24 heavy (non-hydrogen) atoms. The van der Waals surface area contributed by atoms with E-state index in [0.717, 1.165) is 0 Å². The minimum absolute atomic E-state index is 0.160. The fraction of sp³-hybridized carbons (Fsp3) is 0.167. The quantitative estimate of drug-likeness (QED) is 0.742. The molecule has 0 saturated carbocycles. The molecule has 3 aromatic rings. The minimum atomic E-state index is -0.295. The zero-order chi connectivity index (χ0) is 17.1. The third kappa shape index (κ3) is 3.31. The standard InChI is InChI=1S/C18H16ClN3O2/c1-11(2)16-21-18(24-22-16)13-8-4-6-10-15(13)20-17(23)12-7-3-5-9-14(12)19/h3-11H,1-2H3,(H,20,23). The highest BCUT2D eigenvalue weighted by Crippen LogP contribution is 2.28. The van der Waals surface area contributed by atoms with E-state index in [1.807, 2.05) is 32.0 Å². The Morgan fingerprint density at radius 1 is 1.12 bits per heavy atom. The van der Waals surface area contributed by atoms with Crippen molar-refractivity contribution in [3.63, 3.8) is 0 Å². The Balaban J connectivity index is 1.92. The topological polar surface area (TPSA) is 68.0 Å². The van der Waals surface area contributed by atoms with Gasteiger partial charge in [-0.15, -0.1) is 0 Å². The van der Waals surface area contributed by atoms with Gasteiger partial charge < -0.3 is 9.84 Å². The third-order valence-electron chi connectivity index (χ3n) is 3.48. The van der Waals surface area contributed by atoms with Crippen LogP contribution in [0.1, 0.15) is 35.9 Å². The van der Waals surface area contributed by atoms with Gasteiger partial charge in [0.05, 0.1) is 21.8 Å². The lowest BCUT2D eigenvalue weighted by atomic mass is 10.1. The Morgan fingerprint density at radius 3 is 2.54 bits per heavy atom. The van der Waals surface area contributed by atoms with E-state index in [1.54, 1.807) is 30.3 Å². The molecule has 0 atom stereocenters. The fourth-order valence-electron chi connectivity index (χ4n) is 2.19. The van der Waals surface area contributed by atoms with Crippen LogP contribution in [0.2, 0.25) is 5.02 Å². The summed E-state index contributed by atoms with van der Waals surface area (Å²) in [4.78, 5) is 16.9. The Hall–Kier alpha value is -2.66. The Kier molecular flexibility index (Phi) is 4.62. The van der Waals surface area contributed by atoms with Crippen LogP contribution in [0.3, 0.4) is 0 Å². The number of hydrogen-bond acceptors (Lipinski definition) is 4. The van der Waals surface area contributed by atoms with Crippen LogP contribution >= 0.6 is 11.6 Å². The number of nitrogens with zero attached hydrogens (tertiary/aromatic N) is 2. The summed E-state index contributed by atoms with van der Waals surface area (Å²) in [5.41, 5.74) is 1.65. The first-order valence-corrected chi connectivity index (χ1v) is 7.93. The van der Waals surface area contributed by atoms with Crippen LogP contribution in [0.15, 0.2) is 53.1 Å². The molecule has 0 aliphatic heterocycles. The van der Waals surface area contributed by atoms with Crippen molar-refractivity contribution < 1.29 is 9.32 Å². The van der Waals surface area contributed by atoms with Crippen molar-refractivity contribution in [2.75, 3.05) is 5.32 Å². The maximum absolute atomic E-state index is 12.5. The van der Waals surface area contributed by atoms with Gasteiger partial charge in [0, 0.05) is 5.92 Å². The normalized spacial score (nSPS) is 10.8. The molecule has 1 amide bonds. The third-order valence-corrected chi connectivity index (χ3v) is 3.81. The monoisotopic (exact) mass is 341 g/mol. The van der Waals surface area contributed by atoms with Crippen LogP contribution in [0.5, 0.6) is 0 Å². The zero-order valence-electron chi connectivity index (χ0n) is 13.3. The number of carbonyl (C=O) groups is 1. The fourth-order valence-corrected chi connectivity index (χ4v) is 2.41.